The minimum Gasteiger partial charge on any atom is -0.492 e. The summed E-state index contributed by atoms with van der Waals surface area (Å²) in [5.41, 5.74) is 0.454. The van der Waals surface area contributed by atoms with Crippen molar-refractivity contribution in [2.24, 2.45) is 5.41 Å². The van der Waals surface area contributed by atoms with Gasteiger partial charge < -0.3 is 19.3 Å². The number of hydrogen-bond acceptors (Lipinski definition) is 5. The minimum absolute atomic E-state index is 0.0838. The molecular formula is C18H16O5. The molecule has 2 aliphatic heterocycles. The topological polar surface area (TPSA) is 65.0 Å². The zero-order chi connectivity index (χ0) is 15.9. The molecule has 0 saturated heterocycles. The van der Waals surface area contributed by atoms with E-state index < -0.39 is 5.41 Å². The Kier molecular flexibility index (Phi) is 3.23. The maximum Gasteiger partial charge on any atom is 0.231 e. The second-order valence-corrected chi connectivity index (χ2v) is 5.92. The third-order valence-corrected chi connectivity index (χ3v) is 4.40. The number of para-hydroxylation sites is 1. The van der Waals surface area contributed by atoms with Gasteiger partial charge in [0.15, 0.2) is 17.3 Å². The number of rotatable bonds is 3. The molecule has 0 amide bonds. The summed E-state index contributed by atoms with van der Waals surface area (Å²) < 4.78 is 16.4. The molecule has 0 fully saturated rings. The molecule has 0 unspecified atom stereocenters. The van der Waals surface area contributed by atoms with Gasteiger partial charge in [0, 0.05) is 0 Å². The van der Waals surface area contributed by atoms with Crippen LogP contribution in [0.3, 0.4) is 0 Å². The van der Waals surface area contributed by atoms with Crippen LogP contribution in [0.25, 0.3) is 0 Å². The van der Waals surface area contributed by atoms with Crippen LogP contribution < -0.4 is 14.2 Å². The highest BCUT2D eigenvalue weighted by molar-refractivity contribution is 6.04. The van der Waals surface area contributed by atoms with Gasteiger partial charge in [-0.15, -0.1) is 0 Å². The molecule has 2 aromatic carbocycles. The highest BCUT2D eigenvalue weighted by atomic mass is 16.7. The van der Waals surface area contributed by atoms with Gasteiger partial charge in [0.25, 0.3) is 0 Å². The van der Waals surface area contributed by atoms with Gasteiger partial charge in [0.1, 0.15) is 12.4 Å². The molecule has 0 spiro atoms. The van der Waals surface area contributed by atoms with Crippen LogP contribution in [0, 0.1) is 5.41 Å². The Balaban J connectivity index is 1.67. The van der Waals surface area contributed by atoms with Crippen LogP contribution >= 0.6 is 0 Å². The number of ketones is 1. The molecule has 0 aromatic heterocycles. The lowest BCUT2D eigenvalue weighted by Gasteiger charge is -2.35. The molecule has 2 heterocycles. The first-order chi connectivity index (χ1) is 11.2. The molecule has 0 aliphatic carbocycles. The smallest absolute Gasteiger partial charge is 0.231 e. The number of fused-ring (bicyclic) bond motifs is 2. The summed E-state index contributed by atoms with van der Waals surface area (Å²) in [7, 11) is 0. The van der Waals surface area contributed by atoms with Gasteiger partial charge in [-0.25, -0.2) is 0 Å². The fraction of sp³-hybridized carbons (Fsp3) is 0.278. The maximum absolute atomic E-state index is 12.9. The van der Waals surface area contributed by atoms with E-state index in [1.165, 1.54) is 0 Å². The first kappa shape index (κ1) is 14.1. The number of aliphatic hydroxyl groups is 1. The van der Waals surface area contributed by atoms with E-state index in [1.54, 1.807) is 18.2 Å². The Bertz CT molecular complexity index is 770. The summed E-state index contributed by atoms with van der Waals surface area (Å²) in [4.78, 5) is 12.9. The average molecular weight is 312 g/mol. The first-order valence-electron chi connectivity index (χ1n) is 7.48. The molecule has 2 aromatic rings. The summed E-state index contributed by atoms with van der Waals surface area (Å²) in [6, 6.07) is 12.7. The first-order valence-corrected chi connectivity index (χ1v) is 7.48. The number of carbonyl (C=O) groups is 1. The molecule has 118 valence electrons. The Morgan fingerprint density at radius 3 is 2.70 bits per heavy atom. The van der Waals surface area contributed by atoms with Crippen LogP contribution in [-0.4, -0.2) is 30.9 Å². The second-order valence-electron chi connectivity index (χ2n) is 5.92. The Hall–Kier alpha value is -2.53. The van der Waals surface area contributed by atoms with E-state index in [2.05, 4.69) is 0 Å². The predicted octanol–water partition coefficient (Wildman–Crippen LogP) is 2.21. The van der Waals surface area contributed by atoms with Crippen LogP contribution in [-0.2, 0) is 6.42 Å². The third-order valence-electron chi connectivity index (χ3n) is 4.40. The van der Waals surface area contributed by atoms with Crippen molar-refractivity contribution >= 4 is 5.78 Å². The van der Waals surface area contributed by atoms with Crippen molar-refractivity contribution in [1.82, 2.24) is 0 Å². The lowest BCUT2D eigenvalue weighted by atomic mass is 9.75. The average Bonchev–Trinajstić information content (AvgIpc) is 3.05. The number of carbonyl (C=O) groups excluding carboxylic acids is 1. The van der Waals surface area contributed by atoms with E-state index in [1.807, 2.05) is 24.3 Å². The van der Waals surface area contributed by atoms with Crippen molar-refractivity contribution in [3.8, 4) is 17.2 Å². The van der Waals surface area contributed by atoms with E-state index >= 15 is 0 Å². The fourth-order valence-corrected chi connectivity index (χ4v) is 3.09. The normalized spacial score (nSPS) is 21.7. The minimum atomic E-state index is -0.970. The lowest BCUT2D eigenvalue weighted by molar-refractivity contribution is 0.0383. The number of Topliss-reactive ketones (excluding diaryl/α,β-unsaturated/α-hetero) is 1. The van der Waals surface area contributed by atoms with Gasteiger partial charge in [-0.05, 0) is 36.2 Å². The number of aliphatic hydroxyl groups excluding tert-OH is 1. The van der Waals surface area contributed by atoms with Gasteiger partial charge >= 0.3 is 0 Å². The van der Waals surface area contributed by atoms with E-state index in [0.29, 0.717) is 29.2 Å². The fourth-order valence-electron chi connectivity index (χ4n) is 3.09. The highest BCUT2D eigenvalue weighted by Crippen LogP contribution is 2.39. The molecule has 1 atom stereocenters. The summed E-state index contributed by atoms with van der Waals surface area (Å²) in [6.45, 7) is 0.0990. The van der Waals surface area contributed by atoms with Crippen molar-refractivity contribution in [3.05, 3.63) is 53.6 Å². The molecule has 23 heavy (non-hydrogen) atoms. The van der Waals surface area contributed by atoms with Crippen LogP contribution in [0.1, 0.15) is 15.9 Å². The van der Waals surface area contributed by atoms with Gasteiger partial charge in [-0.2, -0.15) is 0 Å². The van der Waals surface area contributed by atoms with Crippen molar-refractivity contribution in [1.29, 1.82) is 0 Å². The Morgan fingerprint density at radius 2 is 1.83 bits per heavy atom. The summed E-state index contributed by atoms with van der Waals surface area (Å²) >= 11 is 0. The molecule has 2 aliphatic rings. The van der Waals surface area contributed by atoms with Gasteiger partial charge in [0.05, 0.1) is 17.6 Å². The Labute approximate surface area is 133 Å². The van der Waals surface area contributed by atoms with Gasteiger partial charge in [-0.1, -0.05) is 18.2 Å². The van der Waals surface area contributed by atoms with Crippen LogP contribution in [0.2, 0.25) is 0 Å². The molecule has 0 saturated carbocycles. The highest BCUT2D eigenvalue weighted by Gasteiger charge is 2.44. The SMILES string of the molecule is O=C1c2ccccc2OC[C@]1(CO)Cc1ccc2c(c1)OCO2. The summed E-state index contributed by atoms with van der Waals surface area (Å²) in [5, 5.41) is 9.94. The molecule has 0 radical (unpaired) electrons. The van der Waals surface area contributed by atoms with E-state index in [-0.39, 0.29) is 25.8 Å². The van der Waals surface area contributed by atoms with Gasteiger partial charge in [0.2, 0.25) is 6.79 Å². The van der Waals surface area contributed by atoms with E-state index in [4.69, 9.17) is 14.2 Å². The summed E-state index contributed by atoms with van der Waals surface area (Å²) in [5.74, 6) is 1.86. The van der Waals surface area contributed by atoms with Gasteiger partial charge in [-0.3, -0.25) is 4.79 Å². The standard InChI is InChI=1S/C18H16O5/c19-9-18(8-12-5-6-15-16(7-12)23-11-22-15)10-21-14-4-2-1-3-13(14)17(18)20/h1-7,19H,8-11H2/t18-/m1/s1. The van der Waals surface area contributed by atoms with E-state index in [0.717, 1.165) is 5.56 Å². The van der Waals surface area contributed by atoms with Crippen LogP contribution in [0.15, 0.2) is 42.5 Å². The molecule has 4 rings (SSSR count). The molecular weight excluding hydrogens is 296 g/mol. The zero-order valence-electron chi connectivity index (χ0n) is 12.5. The molecule has 5 nitrogen and oxygen atoms in total. The van der Waals surface area contributed by atoms with Crippen molar-refractivity contribution in [3.63, 3.8) is 0 Å². The van der Waals surface area contributed by atoms with Crippen molar-refractivity contribution < 1.29 is 24.1 Å². The predicted molar refractivity (Wildman–Crippen MR) is 82.1 cm³/mol. The van der Waals surface area contributed by atoms with Crippen LogP contribution in [0.4, 0.5) is 0 Å². The Morgan fingerprint density at radius 1 is 1.00 bits per heavy atom. The molecule has 5 heteroatoms. The van der Waals surface area contributed by atoms with E-state index in [9.17, 15) is 9.90 Å². The lowest BCUT2D eigenvalue weighted by Crippen LogP contribution is -2.45. The monoisotopic (exact) mass is 312 g/mol. The number of hydrogen-bond donors (Lipinski definition) is 1. The van der Waals surface area contributed by atoms with Crippen molar-refractivity contribution in [2.45, 2.75) is 6.42 Å². The van der Waals surface area contributed by atoms with Crippen molar-refractivity contribution in [2.75, 3.05) is 20.0 Å². The molecule has 0 bridgehead atoms. The largest absolute Gasteiger partial charge is 0.492 e. The maximum atomic E-state index is 12.9. The molecule has 1 N–H and O–H groups in total. The number of benzene rings is 2. The quantitative estimate of drug-likeness (QED) is 0.941. The summed E-state index contributed by atoms with van der Waals surface area (Å²) in [6.07, 6.45) is 0.382. The van der Waals surface area contributed by atoms with Crippen LogP contribution in [0.5, 0.6) is 17.2 Å². The third kappa shape index (κ3) is 2.24. The number of ether oxygens (including phenoxy) is 3. The second kappa shape index (κ2) is 5.28. The zero-order valence-corrected chi connectivity index (χ0v) is 12.5.